The molecule has 0 atom stereocenters. The molecular formula is C14H23F3N2O. The van der Waals surface area contributed by atoms with Crippen LogP contribution < -0.4 is 5.32 Å². The Hall–Kier alpha value is -1.01. The summed E-state index contributed by atoms with van der Waals surface area (Å²) >= 11 is 0. The van der Waals surface area contributed by atoms with Crippen molar-refractivity contribution in [3.63, 3.8) is 0 Å². The monoisotopic (exact) mass is 292 g/mol. The first-order valence-electron chi connectivity index (χ1n) is 6.55. The summed E-state index contributed by atoms with van der Waals surface area (Å²) in [7, 11) is 1.45. The van der Waals surface area contributed by atoms with E-state index in [1.54, 1.807) is 6.92 Å². The molecule has 0 amide bonds. The topological polar surface area (TPSA) is 28.4 Å². The summed E-state index contributed by atoms with van der Waals surface area (Å²) in [6, 6.07) is 1.82. The number of hydrogen-bond acceptors (Lipinski definition) is 3. The molecule has 116 valence electrons. The first-order valence-corrected chi connectivity index (χ1v) is 6.55. The molecule has 0 saturated heterocycles. The van der Waals surface area contributed by atoms with E-state index < -0.39 is 12.7 Å². The molecule has 1 aromatic heterocycles. The third-order valence-corrected chi connectivity index (χ3v) is 2.75. The molecule has 0 aromatic carbocycles. The van der Waals surface area contributed by atoms with Crippen molar-refractivity contribution in [3.8, 4) is 0 Å². The van der Waals surface area contributed by atoms with E-state index in [1.807, 2.05) is 26.8 Å². The van der Waals surface area contributed by atoms with Crippen molar-refractivity contribution in [1.29, 1.82) is 0 Å². The standard InChI is InChI=1S/C14H23F3N2O/c1-10-11(8-19(5)9-14(15,16)17)6-12(20-10)7-18-13(2,3)4/h6,18H,7-9H2,1-5H3. The van der Waals surface area contributed by atoms with Gasteiger partial charge in [-0.05, 0) is 40.8 Å². The minimum Gasteiger partial charge on any atom is -0.465 e. The fourth-order valence-electron chi connectivity index (χ4n) is 1.84. The summed E-state index contributed by atoms with van der Waals surface area (Å²) in [4.78, 5) is 1.23. The van der Waals surface area contributed by atoms with Crippen LogP contribution in [0.3, 0.4) is 0 Å². The van der Waals surface area contributed by atoms with Crippen LogP contribution in [0.15, 0.2) is 10.5 Å². The molecule has 0 spiro atoms. The van der Waals surface area contributed by atoms with E-state index in [9.17, 15) is 13.2 Å². The molecule has 3 nitrogen and oxygen atoms in total. The van der Waals surface area contributed by atoms with Gasteiger partial charge in [-0.15, -0.1) is 0 Å². The van der Waals surface area contributed by atoms with Gasteiger partial charge in [0.2, 0.25) is 0 Å². The molecule has 0 aliphatic rings. The van der Waals surface area contributed by atoms with Crippen LogP contribution in [-0.2, 0) is 13.1 Å². The Morgan fingerprint density at radius 1 is 1.25 bits per heavy atom. The van der Waals surface area contributed by atoms with Gasteiger partial charge in [-0.1, -0.05) is 0 Å². The van der Waals surface area contributed by atoms with Gasteiger partial charge in [0.05, 0.1) is 13.1 Å². The molecule has 0 aliphatic carbocycles. The third kappa shape index (κ3) is 6.43. The summed E-state index contributed by atoms with van der Waals surface area (Å²) in [5, 5.41) is 3.28. The van der Waals surface area contributed by atoms with E-state index in [2.05, 4.69) is 5.32 Å². The highest BCUT2D eigenvalue weighted by Gasteiger charge is 2.29. The first kappa shape index (κ1) is 17.0. The first-order chi connectivity index (χ1) is 8.96. The molecule has 1 N–H and O–H groups in total. The zero-order valence-corrected chi connectivity index (χ0v) is 12.7. The summed E-state index contributed by atoms with van der Waals surface area (Å²) in [6.07, 6.45) is -4.18. The van der Waals surface area contributed by atoms with Crippen LogP contribution in [0, 0.1) is 6.92 Å². The van der Waals surface area contributed by atoms with E-state index in [-0.39, 0.29) is 12.1 Å². The minimum atomic E-state index is -4.18. The Bertz CT molecular complexity index is 433. The van der Waals surface area contributed by atoms with Crippen LogP contribution in [0.25, 0.3) is 0 Å². The molecule has 0 aliphatic heterocycles. The number of rotatable bonds is 5. The minimum absolute atomic E-state index is 0.0338. The van der Waals surface area contributed by atoms with Gasteiger partial charge in [0.15, 0.2) is 0 Å². The van der Waals surface area contributed by atoms with Crippen LogP contribution in [0.1, 0.15) is 37.9 Å². The van der Waals surface area contributed by atoms with Crippen LogP contribution in [0.2, 0.25) is 0 Å². The number of alkyl halides is 3. The zero-order valence-electron chi connectivity index (χ0n) is 12.7. The maximum atomic E-state index is 12.3. The van der Waals surface area contributed by atoms with Crippen molar-refractivity contribution in [2.45, 2.75) is 52.5 Å². The van der Waals surface area contributed by atoms with E-state index >= 15 is 0 Å². The van der Waals surface area contributed by atoms with E-state index in [1.165, 1.54) is 11.9 Å². The summed E-state index contributed by atoms with van der Waals surface area (Å²) in [5.74, 6) is 1.41. The molecule has 0 fully saturated rings. The molecule has 0 bridgehead atoms. The molecular weight excluding hydrogens is 269 g/mol. The molecule has 0 unspecified atom stereocenters. The fourth-order valence-corrected chi connectivity index (χ4v) is 1.84. The maximum absolute atomic E-state index is 12.3. The van der Waals surface area contributed by atoms with E-state index in [0.29, 0.717) is 12.3 Å². The number of halogens is 3. The molecule has 1 heterocycles. The summed E-state index contributed by atoms with van der Waals surface area (Å²) < 4.78 is 42.4. The quantitative estimate of drug-likeness (QED) is 0.900. The fraction of sp³-hybridized carbons (Fsp3) is 0.714. The van der Waals surface area contributed by atoms with Gasteiger partial charge in [0, 0.05) is 17.6 Å². The van der Waals surface area contributed by atoms with Crippen LogP contribution in [0.4, 0.5) is 13.2 Å². The van der Waals surface area contributed by atoms with Crippen LogP contribution >= 0.6 is 0 Å². The normalized spacial score (nSPS) is 13.2. The largest absolute Gasteiger partial charge is 0.465 e. The number of aryl methyl sites for hydroxylation is 1. The second-order valence-corrected chi connectivity index (χ2v) is 6.19. The van der Waals surface area contributed by atoms with Gasteiger partial charge >= 0.3 is 6.18 Å². The van der Waals surface area contributed by atoms with Crippen molar-refractivity contribution in [3.05, 3.63) is 23.2 Å². The Kier molecular flexibility index (Phi) is 5.27. The van der Waals surface area contributed by atoms with Gasteiger partial charge in [-0.2, -0.15) is 13.2 Å². The second kappa shape index (κ2) is 6.18. The van der Waals surface area contributed by atoms with Crippen molar-refractivity contribution >= 4 is 0 Å². The van der Waals surface area contributed by atoms with Gasteiger partial charge in [-0.3, -0.25) is 4.90 Å². The molecule has 1 rings (SSSR count). The lowest BCUT2D eigenvalue weighted by Crippen LogP contribution is -2.34. The zero-order chi connectivity index (χ0) is 15.6. The highest BCUT2D eigenvalue weighted by molar-refractivity contribution is 5.20. The molecule has 1 aromatic rings. The van der Waals surface area contributed by atoms with Crippen molar-refractivity contribution in [2.24, 2.45) is 0 Å². The lowest BCUT2D eigenvalue weighted by atomic mass is 10.1. The van der Waals surface area contributed by atoms with Crippen LogP contribution in [0.5, 0.6) is 0 Å². The maximum Gasteiger partial charge on any atom is 0.401 e. The predicted octanol–water partition coefficient (Wildman–Crippen LogP) is 3.47. The van der Waals surface area contributed by atoms with Gasteiger partial charge in [0.1, 0.15) is 11.5 Å². The Balaban J connectivity index is 2.61. The summed E-state index contributed by atoms with van der Waals surface area (Å²) in [5.41, 5.74) is 0.760. The van der Waals surface area contributed by atoms with E-state index in [0.717, 1.165) is 11.3 Å². The molecule has 0 saturated carbocycles. The van der Waals surface area contributed by atoms with Crippen molar-refractivity contribution in [1.82, 2.24) is 10.2 Å². The summed E-state index contributed by atoms with van der Waals surface area (Å²) in [6.45, 7) is 7.77. The van der Waals surface area contributed by atoms with Gasteiger partial charge in [-0.25, -0.2) is 0 Å². The SMILES string of the molecule is Cc1oc(CNC(C)(C)C)cc1CN(C)CC(F)(F)F. The van der Waals surface area contributed by atoms with Crippen molar-refractivity contribution < 1.29 is 17.6 Å². The number of nitrogens with zero attached hydrogens (tertiary/aromatic N) is 1. The number of hydrogen-bond donors (Lipinski definition) is 1. The lowest BCUT2D eigenvalue weighted by molar-refractivity contribution is -0.144. The molecule has 6 heteroatoms. The predicted molar refractivity (Wildman–Crippen MR) is 72.4 cm³/mol. The molecule has 20 heavy (non-hydrogen) atoms. The second-order valence-electron chi connectivity index (χ2n) is 6.19. The molecule has 0 radical (unpaired) electrons. The smallest absolute Gasteiger partial charge is 0.401 e. The number of nitrogens with one attached hydrogen (secondary N) is 1. The van der Waals surface area contributed by atoms with E-state index in [4.69, 9.17) is 4.42 Å². The van der Waals surface area contributed by atoms with Gasteiger partial charge < -0.3 is 9.73 Å². The highest BCUT2D eigenvalue weighted by atomic mass is 19.4. The lowest BCUT2D eigenvalue weighted by Gasteiger charge is -2.19. The average Bonchev–Trinajstić information content (AvgIpc) is 2.53. The number of furan rings is 1. The Morgan fingerprint density at radius 3 is 2.35 bits per heavy atom. The Morgan fingerprint density at radius 2 is 1.85 bits per heavy atom. The van der Waals surface area contributed by atoms with Gasteiger partial charge in [0.25, 0.3) is 0 Å². The van der Waals surface area contributed by atoms with Crippen LogP contribution in [-0.4, -0.2) is 30.2 Å². The highest BCUT2D eigenvalue weighted by Crippen LogP contribution is 2.20. The Labute approximate surface area is 118 Å². The average molecular weight is 292 g/mol. The van der Waals surface area contributed by atoms with Crippen molar-refractivity contribution in [2.75, 3.05) is 13.6 Å². The third-order valence-electron chi connectivity index (χ3n) is 2.75.